The molecule has 5 rings (SSSR count). The van der Waals surface area contributed by atoms with Crippen LogP contribution in [0.2, 0.25) is 0 Å². The molecule has 0 bridgehead atoms. The first kappa shape index (κ1) is 26.6. The van der Waals surface area contributed by atoms with Gasteiger partial charge < -0.3 is 9.80 Å². The minimum absolute atomic E-state index is 0.0828. The molecular weight excluding hydrogens is 524 g/mol. The molecule has 1 aromatic heterocycles. The summed E-state index contributed by atoms with van der Waals surface area (Å²) >= 11 is 0. The monoisotopic (exact) mass is 556 g/mol. The second-order valence-corrected chi connectivity index (χ2v) is 15.4. The summed E-state index contributed by atoms with van der Waals surface area (Å²) in [6.45, 7) is 6.05. The van der Waals surface area contributed by atoms with Gasteiger partial charge >= 0.3 is 9.06 Å². The van der Waals surface area contributed by atoms with Crippen LogP contribution in [-0.2, 0) is 22.7 Å². The van der Waals surface area contributed by atoms with Gasteiger partial charge in [-0.3, -0.25) is 9.78 Å². The molecule has 11 heteroatoms. The van der Waals surface area contributed by atoms with Crippen LogP contribution in [0.3, 0.4) is 0 Å². The fraction of sp³-hybridized carbons (Fsp3) is 0.407. The van der Waals surface area contributed by atoms with Crippen LogP contribution in [0.1, 0.15) is 24.1 Å². The Morgan fingerprint density at radius 1 is 0.895 bits per heavy atom. The Kier molecular flexibility index (Phi) is 7.19. The predicted octanol–water partition coefficient (Wildman–Crippen LogP) is 2.93. The normalized spacial score (nSPS) is 19.6. The van der Waals surface area contributed by atoms with Crippen molar-refractivity contribution in [3.05, 3.63) is 65.9 Å². The lowest BCUT2D eigenvalue weighted by Gasteiger charge is -2.39. The van der Waals surface area contributed by atoms with E-state index in [1.54, 1.807) is 24.0 Å². The number of piperidine rings is 1. The predicted molar refractivity (Wildman–Crippen MR) is 147 cm³/mol. The minimum atomic E-state index is -4.67. The van der Waals surface area contributed by atoms with Gasteiger partial charge in [-0.15, -0.1) is 0 Å². The zero-order chi connectivity index (χ0) is 27.1. The molecule has 0 N–H and O–H groups in total. The van der Waals surface area contributed by atoms with Crippen molar-refractivity contribution in [2.45, 2.75) is 31.6 Å². The number of carbonyl (C=O) groups is 1. The Balaban J connectivity index is 1.27. The maximum Gasteiger partial charge on any atom is 0.324 e. The van der Waals surface area contributed by atoms with E-state index in [2.05, 4.69) is 22.0 Å². The lowest BCUT2D eigenvalue weighted by molar-refractivity contribution is -0.137. The van der Waals surface area contributed by atoms with Crippen LogP contribution in [0.25, 0.3) is 10.9 Å². The molecule has 202 valence electrons. The number of rotatable bonds is 5. The van der Waals surface area contributed by atoms with Crippen LogP contribution in [-0.4, -0.2) is 76.2 Å². The van der Waals surface area contributed by atoms with Crippen LogP contribution >= 0.6 is 0 Å². The number of fused-ring (bicyclic) bond motifs is 1. The molecule has 1 atom stereocenters. The minimum Gasteiger partial charge on any atom is -0.367 e. The maximum absolute atomic E-state index is 13.4. The number of pyridine rings is 1. The molecule has 2 aliphatic rings. The quantitative estimate of drug-likeness (QED) is 0.445. The number of anilines is 1. The number of hydrogen-bond acceptors (Lipinski definition) is 7. The highest BCUT2D eigenvalue weighted by Crippen LogP contribution is 2.30. The van der Waals surface area contributed by atoms with E-state index in [0.717, 1.165) is 32.2 Å². The van der Waals surface area contributed by atoms with Gasteiger partial charge in [0.15, 0.2) is 0 Å². The molecule has 2 fully saturated rings. The number of benzene rings is 2. The second-order valence-electron chi connectivity index (χ2n) is 10.0. The van der Waals surface area contributed by atoms with Crippen LogP contribution in [0.4, 0.5) is 5.69 Å². The SMILES string of the molecule is Cc1ccc(S(=O)(=O)S(=O)(=O)N2CCCC(C(=O)N3CCN(c4cc(C)nc5ccccc45)CC3)C2)cc1. The van der Waals surface area contributed by atoms with Crippen molar-refractivity contribution in [1.29, 1.82) is 0 Å². The van der Waals surface area contributed by atoms with E-state index in [9.17, 15) is 21.6 Å². The summed E-state index contributed by atoms with van der Waals surface area (Å²) in [6, 6.07) is 15.8. The standard InChI is InChI=1S/C27H32N4O5S2/c1-20-9-11-23(12-10-20)37(33,34)38(35,36)31-13-5-6-22(19-31)27(32)30-16-14-29(15-17-30)26-18-21(2)28-25-8-4-3-7-24(25)26/h3-4,7-12,18,22H,5-6,13-17,19H2,1-2H3. The second kappa shape index (κ2) is 10.3. The third-order valence-corrected chi connectivity index (χ3v) is 12.6. The van der Waals surface area contributed by atoms with Gasteiger partial charge in [0.05, 0.1) is 16.3 Å². The van der Waals surface area contributed by atoms with Crippen molar-refractivity contribution >= 4 is 40.4 Å². The van der Waals surface area contributed by atoms with Crippen LogP contribution in [0.5, 0.6) is 0 Å². The summed E-state index contributed by atoms with van der Waals surface area (Å²) in [5, 5.41) is 1.07. The fourth-order valence-corrected chi connectivity index (χ4v) is 9.29. The molecule has 0 saturated carbocycles. The van der Waals surface area contributed by atoms with Gasteiger partial charge in [-0.05, 0) is 51.0 Å². The molecule has 9 nitrogen and oxygen atoms in total. The third-order valence-electron chi connectivity index (χ3n) is 7.39. The molecule has 38 heavy (non-hydrogen) atoms. The molecule has 0 spiro atoms. The first-order valence-corrected chi connectivity index (χ1v) is 16.2. The highest BCUT2D eigenvalue weighted by Gasteiger charge is 2.42. The number of hydrogen-bond donors (Lipinski definition) is 0. The lowest BCUT2D eigenvalue weighted by Crippen LogP contribution is -2.53. The van der Waals surface area contributed by atoms with E-state index in [0.29, 0.717) is 39.0 Å². The van der Waals surface area contributed by atoms with Gasteiger partial charge in [0.25, 0.3) is 8.87 Å². The Morgan fingerprint density at radius 2 is 1.58 bits per heavy atom. The van der Waals surface area contributed by atoms with Gasteiger partial charge in [0.1, 0.15) is 0 Å². The number of aromatic nitrogens is 1. The average Bonchev–Trinajstić information content (AvgIpc) is 2.92. The zero-order valence-electron chi connectivity index (χ0n) is 21.6. The lowest BCUT2D eigenvalue weighted by atomic mass is 9.97. The largest absolute Gasteiger partial charge is 0.367 e. The van der Waals surface area contributed by atoms with Gasteiger partial charge in [0, 0.05) is 56.0 Å². The molecule has 2 aliphatic heterocycles. The highest BCUT2D eigenvalue weighted by molar-refractivity contribution is 8.66. The van der Waals surface area contributed by atoms with Crippen molar-refractivity contribution in [3.63, 3.8) is 0 Å². The van der Waals surface area contributed by atoms with E-state index >= 15 is 0 Å². The number of para-hydroxylation sites is 1. The van der Waals surface area contributed by atoms with Crippen molar-refractivity contribution in [2.24, 2.45) is 5.92 Å². The Bertz CT molecular complexity index is 1560. The van der Waals surface area contributed by atoms with Gasteiger partial charge in [-0.2, -0.15) is 12.7 Å². The van der Waals surface area contributed by atoms with E-state index in [1.807, 2.05) is 25.1 Å². The highest BCUT2D eigenvalue weighted by atomic mass is 33.2. The van der Waals surface area contributed by atoms with Crippen LogP contribution < -0.4 is 4.90 Å². The third kappa shape index (κ3) is 4.90. The van der Waals surface area contributed by atoms with Crippen LogP contribution in [0, 0.1) is 19.8 Å². The molecule has 3 heterocycles. The summed E-state index contributed by atoms with van der Waals surface area (Å²) < 4.78 is 53.3. The summed E-state index contributed by atoms with van der Waals surface area (Å²) in [7, 11) is -9.30. The fourth-order valence-electron chi connectivity index (χ4n) is 5.29. The molecule has 3 aromatic rings. The molecule has 1 unspecified atom stereocenters. The topological polar surface area (TPSA) is 108 Å². The van der Waals surface area contributed by atoms with Crippen molar-refractivity contribution < 1.29 is 21.6 Å². The van der Waals surface area contributed by atoms with E-state index in [1.165, 1.54) is 12.1 Å². The number of piperazine rings is 1. The molecule has 1 amide bonds. The molecule has 2 saturated heterocycles. The summed E-state index contributed by atoms with van der Waals surface area (Å²) in [5.74, 6) is -0.685. The van der Waals surface area contributed by atoms with Gasteiger partial charge in [-0.25, -0.2) is 8.42 Å². The maximum atomic E-state index is 13.4. The number of aryl methyl sites for hydroxylation is 2. The van der Waals surface area contributed by atoms with Crippen molar-refractivity contribution in [2.75, 3.05) is 44.2 Å². The number of amides is 1. The van der Waals surface area contributed by atoms with Crippen molar-refractivity contribution in [3.8, 4) is 0 Å². The van der Waals surface area contributed by atoms with Crippen LogP contribution in [0.15, 0.2) is 59.5 Å². The first-order valence-electron chi connectivity index (χ1n) is 12.8. The van der Waals surface area contributed by atoms with E-state index in [4.69, 9.17) is 0 Å². The van der Waals surface area contributed by atoms with E-state index < -0.39 is 23.8 Å². The summed E-state index contributed by atoms with van der Waals surface area (Å²) in [5.41, 5.74) is 3.79. The van der Waals surface area contributed by atoms with Crippen molar-refractivity contribution in [1.82, 2.24) is 14.2 Å². The smallest absolute Gasteiger partial charge is 0.324 e. The Labute approximate surface area is 223 Å². The number of carbonyl (C=O) groups excluding carboxylic acids is 1. The molecule has 2 aromatic carbocycles. The Hall–Kier alpha value is -3.02. The zero-order valence-corrected chi connectivity index (χ0v) is 23.2. The molecular formula is C27H32N4O5S2. The molecule has 0 aliphatic carbocycles. The summed E-state index contributed by atoms with van der Waals surface area (Å²) in [6.07, 6.45) is 0.963. The van der Waals surface area contributed by atoms with E-state index in [-0.39, 0.29) is 23.9 Å². The first-order chi connectivity index (χ1) is 18.1. The van der Waals surface area contributed by atoms with Gasteiger partial charge in [0.2, 0.25) is 5.91 Å². The summed E-state index contributed by atoms with van der Waals surface area (Å²) in [4.78, 5) is 21.8. The average molecular weight is 557 g/mol. The number of nitrogens with zero attached hydrogens (tertiary/aromatic N) is 4. The molecule has 0 radical (unpaired) electrons. The van der Waals surface area contributed by atoms with Gasteiger partial charge in [-0.1, -0.05) is 35.9 Å². The Morgan fingerprint density at radius 3 is 2.29 bits per heavy atom.